The lowest BCUT2D eigenvalue weighted by molar-refractivity contribution is 0.0952. The Morgan fingerprint density at radius 3 is 2.57 bits per heavy atom. The van der Waals surface area contributed by atoms with Crippen molar-refractivity contribution < 1.29 is 17.7 Å². The molecule has 0 unspecified atom stereocenters. The molecular weight excluding hydrogens is 404 g/mol. The lowest BCUT2D eigenvalue weighted by Crippen LogP contribution is -2.31. The minimum Gasteiger partial charge on any atom is -0.352 e. The first-order valence-electron chi connectivity index (χ1n) is 9.67. The van der Waals surface area contributed by atoms with E-state index < -0.39 is 10.0 Å². The number of anilines is 1. The van der Waals surface area contributed by atoms with Gasteiger partial charge in [-0.25, -0.2) is 8.42 Å². The number of hydrogen-bond donors (Lipinski definition) is 1. The topological polar surface area (TPSA) is 105 Å². The molecule has 0 saturated carbocycles. The van der Waals surface area contributed by atoms with Crippen LogP contribution in [0.4, 0.5) is 5.69 Å². The quantitative estimate of drug-likeness (QED) is 0.525. The van der Waals surface area contributed by atoms with Crippen LogP contribution in [-0.4, -0.2) is 37.6 Å². The van der Waals surface area contributed by atoms with E-state index >= 15 is 0 Å². The molecule has 158 valence electrons. The largest absolute Gasteiger partial charge is 0.352 e. The molecule has 3 rings (SSSR count). The van der Waals surface area contributed by atoms with Gasteiger partial charge >= 0.3 is 0 Å². The van der Waals surface area contributed by atoms with Gasteiger partial charge in [0.25, 0.3) is 15.9 Å². The average molecular weight is 429 g/mol. The van der Waals surface area contributed by atoms with Crippen molar-refractivity contribution in [1.82, 2.24) is 15.5 Å². The maximum atomic E-state index is 13.1. The van der Waals surface area contributed by atoms with E-state index in [0.29, 0.717) is 36.8 Å². The Hall–Kier alpha value is -3.20. The first kappa shape index (κ1) is 21.5. The number of hydrogen-bond acceptors (Lipinski definition) is 6. The number of nitrogens with zero attached hydrogens (tertiary/aromatic N) is 3. The highest BCUT2D eigenvalue weighted by molar-refractivity contribution is 7.92. The van der Waals surface area contributed by atoms with E-state index in [-0.39, 0.29) is 22.9 Å². The van der Waals surface area contributed by atoms with E-state index in [1.807, 2.05) is 6.07 Å². The maximum absolute atomic E-state index is 13.1. The summed E-state index contributed by atoms with van der Waals surface area (Å²) in [6.45, 7) is 4.19. The molecule has 1 heterocycles. The molecule has 3 aromatic rings. The Labute approximate surface area is 176 Å². The summed E-state index contributed by atoms with van der Waals surface area (Å²) in [7, 11) is -3.79. The predicted octanol–water partition coefficient (Wildman–Crippen LogP) is 2.96. The fourth-order valence-electron chi connectivity index (χ4n) is 3.00. The molecule has 0 radical (unpaired) electrons. The Balaban J connectivity index is 1.67. The summed E-state index contributed by atoms with van der Waals surface area (Å²) in [6.07, 6.45) is 1.18. The number of carbonyl (C=O) groups excluding carboxylic acids is 1. The van der Waals surface area contributed by atoms with Crippen molar-refractivity contribution in [3.8, 4) is 0 Å². The highest BCUT2D eigenvalue weighted by Crippen LogP contribution is 2.23. The second-order valence-corrected chi connectivity index (χ2v) is 8.49. The molecule has 1 aromatic heterocycles. The minimum atomic E-state index is -3.79. The summed E-state index contributed by atoms with van der Waals surface area (Å²) < 4.78 is 32.6. The van der Waals surface area contributed by atoms with Crippen molar-refractivity contribution in [3.63, 3.8) is 0 Å². The predicted molar refractivity (Wildman–Crippen MR) is 113 cm³/mol. The van der Waals surface area contributed by atoms with Crippen molar-refractivity contribution in [2.75, 3.05) is 17.4 Å². The van der Waals surface area contributed by atoms with Gasteiger partial charge in [0.15, 0.2) is 5.82 Å². The van der Waals surface area contributed by atoms with Gasteiger partial charge in [-0.2, -0.15) is 4.98 Å². The third-order valence-corrected chi connectivity index (χ3v) is 6.34. The van der Waals surface area contributed by atoms with Gasteiger partial charge in [0.2, 0.25) is 5.89 Å². The van der Waals surface area contributed by atoms with E-state index in [9.17, 15) is 13.2 Å². The monoisotopic (exact) mass is 428 g/mol. The van der Waals surface area contributed by atoms with Crippen LogP contribution in [0.2, 0.25) is 0 Å². The molecule has 9 heteroatoms. The van der Waals surface area contributed by atoms with Gasteiger partial charge < -0.3 is 9.84 Å². The number of para-hydroxylation sites is 1. The Morgan fingerprint density at radius 1 is 1.13 bits per heavy atom. The molecule has 0 fully saturated rings. The Morgan fingerprint density at radius 2 is 1.90 bits per heavy atom. The molecule has 2 aromatic carbocycles. The zero-order valence-corrected chi connectivity index (χ0v) is 17.7. The molecule has 0 spiro atoms. The zero-order chi connectivity index (χ0) is 21.6. The normalized spacial score (nSPS) is 11.3. The SMILES string of the molecule is CCN(c1ccccc1)S(=O)(=O)c1cccc(C(=O)NCCCc2nc(C)no2)c1. The molecule has 0 aliphatic carbocycles. The molecule has 0 bridgehead atoms. The van der Waals surface area contributed by atoms with Crippen LogP contribution in [-0.2, 0) is 16.4 Å². The Kier molecular flexibility index (Phi) is 6.83. The van der Waals surface area contributed by atoms with Crippen LogP contribution < -0.4 is 9.62 Å². The van der Waals surface area contributed by atoms with E-state index in [4.69, 9.17) is 4.52 Å². The fourth-order valence-corrected chi connectivity index (χ4v) is 4.52. The molecule has 30 heavy (non-hydrogen) atoms. The number of amides is 1. The summed E-state index contributed by atoms with van der Waals surface area (Å²) in [6, 6.07) is 14.9. The van der Waals surface area contributed by atoms with Crippen molar-refractivity contribution in [2.45, 2.75) is 31.6 Å². The molecule has 0 aliphatic rings. The van der Waals surface area contributed by atoms with Gasteiger partial charge in [-0.1, -0.05) is 29.4 Å². The third-order valence-electron chi connectivity index (χ3n) is 4.44. The van der Waals surface area contributed by atoms with Gasteiger partial charge in [0.05, 0.1) is 10.6 Å². The van der Waals surface area contributed by atoms with Crippen molar-refractivity contribution >= 4 is 21.6 Å². The summed E-state index contributed by atoms with van der Waals surface area (Å²) in [5.74, 6) is 0.760. The van der Waals surface area contributed by atoms with E-state index in [2.05, 4.69) is 15.5 Å². The summed E-state index contributed by atoms with van der Waals surface area (Å²) in [5, 5.41) is 6.51. The number of carbonyl (C=O) groups is 1. The van der Waals surface area contributed by atoms with Gasteiger partial charge in [-0.05, 0) is 50.6 Å². The van der Waals surface area contributed by atoms with Crippen LogP contribution >= 0.6 is 0 Å². The lowest BCUT2D eigenvalue weighted by Gasteiger charge is -2.23. The fraction of sp³-hybridized carbons (Fsp3) is 0.286. The van der Waals surface area contributed by atoms with Crippen LogP contribution in [0.25, 0.3) is 0 Å². The van der Waals surface area contributed by atoms with Crippen LogP contribution in [0.3, 0.4) is 0 Å². The number of sulfonamides is 1. The van der Waals surface area contributed by atoms with Crippen LogP contribution in [0, 0.1) is 6.92 Å². The Bertz CT molecular complexity index is 1100. The van der Waals surface area contributed by atoms with Crippen molar-refractivity contribution in [1.29, 1.82) is 0 Å². The van der Waals surface area contributed by atoms with Gasteiger partial charge in [-0.3, -0.25) is 9.10 Å². The summed E-state index contributed by atoms with van der Waals surface area (Å²) in [4.78, 5) is 16.7. The lowest BCUT2D eigenvalue weighted by atomic mass is 10.2. The van der Waals surface area contributed by atoms with Gasteiger partial charge in [0.1, 0.15) is 0 Å². The average Bonchev–Trinajstić information content (AvgIpc) is 3.17. The zero-order valence-electron chi connectivity index (χ0n) is 16.9. The number of aryl methyl sites for hydroxylation is 2. The van der Waals surface area contributed by atoms with Crippen molar-refractivity contribution in [2.24, 2.45) is 0 Å². The first-order valence-corrected chi connectivity index (χ1v) is 11.1. The highest BCUT2D eigenvalue weighted by Gasteiger charge is 2.24. The molecule has 1 N–H and O–H groups in total. The second kappa shape index (κ2) is 9.53. The molecule has 0 aliphatic heterocycles. The first-order chi connectivity index (χ1) is 14.4. The van der Waals surface area contributed by atoms with Crippen LogP contribution in [0.15, 0.2) is 64.0 Å². The molecule has 0 saturated heterocycles. The van der Waals surface area contributed by atoms with Gasteiger partial charge in [0, 0.05) is 25.1 Å². The number of nitrogens with one attached hydrogen (secondary N) is 1. The van der Waals surface area contributed by atoms with Crippen molar-refractivity contribution in [3.05, 3.63) is 71.9 Å². The van der Waals surface area contributed by atoms with Gasteiger partial charge in [-0.15, -0.1) is 0 Å². The van der Waals surface area contributed by atoms with E-state index in [1.165, 1.54) is 16.4 Å². The third kappa shape index (κ3) is 5.04. The maximum Gasteiger partial charge on any atom is 0.264 e. The molecule has 8 nitrogen and oxygen atoms in total. The van der Waals surface area contributed by atoms with Crippen LogP contribution in [0.1, 0.15) is 35.4 Å². The number of rotatable bonds is 9. The minimum absolute atomic E-state index is 0.0715. The number of aromatic nitrogens is 2. The van der Waals surface area contributed by atoms with E-state index in [1.54, 1.807) is 50.2 Å². The molecule has 0 atom stereocenters. The number of benzene rings is 2. The summed E-state index contributed by atoms with van der Waals surface area (Å²) >= 11 is 0. The molecule has 1 amide bonds. The molecular formula is C21H24N4O4S. The smallest absolute Gasteiger partial charge is 0.264 e. The second-order valence-electron chi connectivity index (χ2n) is 6.63. The standard InChI is InChI=1S/C21H24N4O4S/c1-3-25(18-10-5-4-6-11-18)30(27,28)19-12-7-9-17(15-19)21(26)22-14-8-13-20-23-16(2)24-29-20/h4-7,9-12,15H,3,8,13-14H2,1-2H3,(H,22,26). The highest BCUT2D eigenvalue weighted by atomic mass is 32.2. The van der Waals surface area contributed by atoms with Crippen LogP contribution in [0.5, 0.6) is 0 Å². The van der Waals surface area contributed by atoms with E-state index in [0.717, 1.165) is 0 Å². The summed E-state index contributed by atoms with van der Waals surface area (Å²) in [5.41, 5.74) is 0.861.